The van der Waals surface area contributed by atoms with Gasteiger partial charge in [-0.2, -0.15) is 7.82 Å². The molecular formula is HFNaNiO4P. The summed E-state index contributed by atoms with van der Waals surface area (Å²) in [6, 6.07) is 0. The summed E-state index contributed by atoms with van der Waals surface area (Å²) in [5.41, 5.74) is 0. The van der Waals surface area contributed by atoms with Crippen LogP contribution < -0.4 is 44.2 Å². The van der Waals surface area contributed by atoms with Crippen molar-refractivity contribution in [1.82, 2.24) is 0 Å². The van der Waals surface area contributed by atoms with Gasteiger partial charge in [0.25, 0.3) is 0 Å². The van der Waals surface area contributed by atoms with E-state index in [0.29, 0.717) is 0 Å². The summed E-state index contributed by atoms with van der Waals surface area (Å²) in [5.74, 6) is 0. The zero-order valence-corrected chi connectivity index (χ0v) is 7.69. The van der Waals surface area contributed by atoms with E-state index in [4.69, 9.17) is 19.2 Å². The fraction of sp³-hybridized carbons (Fsp3) is 0. The van der Waals surface area contributed by atoms with Crippen molar-refractivity contribution in [2.45, 2.75) is 0 Å². The van der Waals surface area contributed by atoms with E-state index in [-0.39, 0.29) is 50.8 Å². The molecule has 0 bridgehead atoms. The summed E-state index contributed by atoms with van der Waals surface area (Å²) in [6.45, 7) is 0. The van der Waals surface area contributed by atoms with Crippen molar-refractivity contribution >= 4 is 7.82 Å². The molecule has 0 amide bonds. The summed E-state index contributed by atoms with van der Waals surface area (Å²) in [6.07, 6.45) is 0. The monoisotopic (exact) mass is 196 g/mol. The Hall–Kier alpha value is 1.53. The molecule has 0 aromatic heterocycles. The Morgan fingerprint density at radius 3 is 1.12 bits per heavy atom. The Balaban J connectivity index is -0.0000000267. The van der Waals surface area contributed by atoms with Crippen molar-refractivity contribution in [1.29, 1.82) is 0 Å². The SMILES string of the molecule is F.O=P([O-])([O-])[O-].[Na+].[Ni+2]. The first-order chi connectivity index (χ1) is 2.00. The van der Waals surface area contributed by atoms with E-state index in [1.807, 2.05) is 0 Å². The van der Waals surface area contributed by atoms with Gasteiger partial charge in [-0.3, -0.25) is 4.70 Å². The Bertz CT molecular complexity index is 62.2. The van der Waals surface area contributed by atoms with Gasteiger partial charge >= 0.3 is 46.0 Å². The topological polar surface area (TPSA) is 86.2 Å². The van der Waals surface area contributed by atoms with Gasteiger partial charge in [-0.15, -0.1) is 0 Å². The molecule has 0 aromatic carbocycles. The summed E-state index contributed by atoms with van der Waals surface area (Å²) in [7, 11) is -5.39. The van der Waals surface area contributed by atoms with Crippen LogP contribution in [0.2, 0.25) is 0 Å². The minimum atomic E-state index is -5.39. The standard InChI is InChI=1S/FH.Na.Ni.H3O4P/c;;;1-5(2,3)4/h1H;;;(H3,1,2,3,4)/q;+1;+2;/p-3. The van der Waals surface area contributed by atoms with Crippen molar-refractivity contribution in [2.24, 2.45) is 0 Å². The third-order valence-corrected chi connectivity index (χ3v) is 0. The maximum absolute atomic E-state index is 8.55. The molecule has 0 rings (SSSR count). The van der Waals surface area contributed by atoms with E-state index in [2.05, 4.69) is 0 Å². The van der Waals surface area contributed by atoms with Gasteiger partial charge in [-0.05, 0) is 0 Å². The molecule has 48 valence electrons. The van der Waals surface area contributed by atoms with Crippen molar-refractivity contribution in [3.8, 4) is 0 Å². The molecule has 0 unspecified atom stereocenters. The van der Waals surface area contributed by atoms with Gasteiger partial charge in [-0.25, -0.2) is 0 Å². The maximum atomic E-state index is 8.55. The van der Waals surface area contributed by atoms with E-state index in [1.165, 1.54) is 0 Å². The van der Waals surface area contributed by atoms with Gasteiger partial charge in [0.05, 0.1) is 0 Å². The molecule has 0 N–H and O–H groups in total. The molecule has 0 heterocycles. The first kappa shape index (κ1) is 22.7. The van der Waals surface area contributed by atoms with Crippen LogP contribution in [0.3, 0.4) is 0 Å². The molecule has 0 radical (unpaired) electrons. The predicted octanol–water partition coefficient (Wildman–Crippen LogP) is -5.67. The van der Waals surface area contributed by atoms with E-state index in [1.54, 1.807) is 0 Å². The number of rotatable bonds is 0. The van der Waals surface area contributed by atoms with Crippen LogP contribution >= 0.6 is 7.82 Å². The summed E-state index contributed by atoms with van der Waals surface area (Å²) >= 11 is 0. The quantitative estimate of drug-likeness (QED) is 0.286. The summed E-state index contributed by atoms with van der Waals surface area (Å²) in [4.78, 5) is 25.6. The van der Waals surface area contributed by atoms with Gasteiger partial charge in [0.15, 0.2) is 0 Å². The van der Waals surface area contributed by atoms with E-state index in [9.17, 15) is 0 Å². The molecule has 0 spiro atoms. The van der Waals surface area contributed by atoms with Crippen LogP contribution in [0.4, 0.5) is 4.70 Å². The molecule has 8 heteroatoms. The smallest absolute Gasteiger partial charge is 0.822 e. The average molecular weight is 197 g/mol. The van der Waals surface area contributed by atoms with Gasteiger partial charge in [0.1, 0.15) is 0 Å². The molecule has 0 fully saturated rings. The van der Waals surface area contributed by atoms with Crippen LogP contribution in [0, 0.1) is 0 Å². The number of hydrogen-bond donors (Lipinski definition) is 0. The largest absolute Gasteiger partial charge is 2.00 e. The van der Waals surface area contributed by atoms with Gasteiger partial charge < -0.3 is 19.2 Å². The van der Waals surface area contributed by atoms with Crippen LogP contribution in [0.15, 0.2) is 0 Å². The number of phosphoric acid groups is 1. The Kier molecular flexibility index (Phi) is 24.2. The maximum Gasteiger partial charge on any atom is 2.00 e. The van der Waals surface area contributed by atoms with Gasteiger partial charge in [0.2, 0.25) is 0 Å². The Labute approximate surface area is 77.5 Å². The molecule has 8 heavy (non-hydrogen) atoms. The van der Waals surface area contributed by atoms with Crippen LogP contribution in [0.25, 0.3) is 0 Å². The van der Waals surface area contributed by atoms with Crippen LogP contribution in [0.5, 0.6) is 0 Å². The van der Waals surface area contributed by atoms with Crippen molar-refractivity contribution < 1.29 is 70.0 Å². The Morgan fingerprint density at radius 1 is 1.12 bits per heavy atom. The van der Waals surface area contributed by atoms with E-state index >= 15 is 0 Å². The predicted molar refractivity (Wildman–Crippen MR) is 10.1 cm³/mol. The van der Waals surface area contributed by atoms with Crippen molar-refractivity contribution in [3.05, 3.63) is 0 Å². The molecule has 0 aliphatic carbocycles. The second-order valence-electron chi connectivity index (χ2n) is 0.447. The minimum absolute atomic E-state index is 0. The van der Waals surface area contributed by atoms with Crippen molar-refractivity contribution in [2.75, 3.05) is 0 Å². The van der Waals surface area contributed by atoms with E-state index in [0.717, 1.165) is 0 Å². The summed E-state index contributed by atoms with van der Waals surface area (Å²) in [5, 5.41) is 0. The third-order valence-electron chi connectivity index (χ3n) is 0. The molecule has 0 aromatic rings. The summed E-state index contributed by atoms with van der Waals surface area (Å²) < 4.78 is 8.55. The fourth-order valence-corrected chi connectivity index (χ4v) is 0. The first-order valence-corrected chi connectivity index (χ1v) is 2.19. The zero-order chi connectivity index (χ0) is 4.50. The molecule has 4 nitrogen and oxygen atoms in total. The van der Waals surface area contributed by atoms with Crippen LogP contribution in [0.1, 0.15) is 0 Å². The van der Waals surface area contributed by atoms with Gasteiger partial charge in [0, 0.05) is 0 Å². The number of hydrogen-bond acceptors (Lipinski definition) is 4. The van der Waals surface area contributed by atoms with E-state index < -0.39 is 7.82 Å². The number of halogens is 1. The molecular weight excluding hydrogens is 196 g/mol. The molecule has 0 saturated carbocycles. The first-order valence-electron chi connectivity index (χ1n) is 0.730. The zero-order valence-electron chi connectivity index (χ0n) is 3.80. The van der Waals surface area contributed by atoms with Crippen LogP contribution in [-0.4, -0.2) is 0 Å². The second-order valence-corrected chi connectivity index (χ2v) is 1.34. The normalized spacial score (nSPS) is 7.38. The minimum Gasteiger partial charge on any atom is -0.822 e. The fourth-order valence-electron chi connectivity index (χ4n) is 0. The molecule has 0 atom stereocenters. The average Bonchev–Trinajstić information content (AvgIpc) is 0.722. The Morgan fingerprint density at radius 2 is 1.12 bits per heavy atom. The second kappa shape index (κ2) is 8.53. The van der Waals surface area contributed by atoms with Crippen molar-refractivity contribution in [3.63, 3.8) is 0 Å². The molecule has 0 saturated heterocycles. The third kappa shape index (κ3) is 137. The van der Waals surface area contributed by atoms with Gasteiger partial charge in [-0.1, -0.05) is 0 Å². The van der Waals surface area contributed by atoms with Crippen LogP contribution in [-0.2, 0) is 21.1 Å². The molecule has 0 aliphatic rings. The molecule has 0 aliphatic heterocycles.